The molecule has 64 heavy (non-hydrogen) atoms. The summed E-state index contributed by atoms with van der Waals surface area (Å²) in [5, 5.41) is 7.42. The van der Waals surface area contributed by atoms with Gasteiger partial charge in [0.2, 0.25) is 0 Å². The Labute approximate surface area is 373 Å². The summed E-state index contributed by atoms with van der Waals surface area (Å²) in [6.45, 7) is 0. The third kappa shape index (κ3) is 6.44. The fourth-order valence-corrected chi connectivity index (χ4v) is 9.78. The zero-order chi connectivity index (χ0) is 42.4. The standard InChI is InChI=1S/C62H42N2/c1-2-16-47(17-3-1)57-42-49(54-24-8-11-28-59(54)64-60-29-12-9-25-55(60)56-26-10-13-30-61(56)64)38-41-62(57)63(58-31-15-21-46-19-5-7-23-53(46)58)50-39-36-44(37-40-50)43-32-34-48(35-33-43)52-27-14-20-45-18-4-6-22-51(45)52/h1-42H. The van der Waals surface area contributed by atoms with E-state index in [1.54, 1.807) is 0 Å². The summed E-state index contributed by atoms with van der Waals surface area (Å²) in [6.07, 6.45) is 0. The lowest BCUT2D eigenvalue weighted by Crippen LogP contribution is -2.12. The molecular formula is C62H42N2. The van der Waals surface area contributed by atoms with Crippen molar-refractivity contribution in [1.29, 1.82) is 0 Å². The van der Waals surface area contributed by atoms with Crippen molar-refractivity contribution in [3.05, 3.63) is 255 Å². The second kappa shape index (κ2) is 15.8. The Bertz CT molecular complexity index is 3590. The van der Waals surface area contributed by atoms with Crippen molar-refractivity contribution in [2.75, 3.05) is 4.90 Å². The Hall–Kier alpha value is -8.46. The lowest BCUT2D eigenvalue weighted by atomic mass is 9.94. The number of rotatable bonds is 8. The molecular weight excluding hydrogens is 773 g/mol. The Morgan fingerprint density at radius 3 is 1.47 bits per heavy atom. The van der Waals surface area contributed by atoms with E-state index in [0.29, 0.717) is 0 Å². The van der Waals surface area contributed by atoms with Gasteiger partial charge >= 0.3 is 0 Å². The van der Waals surface area contributed by atoms with Gasteiger partial charge in [0.15, 0.2) is 0 Å². The molecule has 0 aliphatic heterocycles. The van der Waals surface area contributed by atoms with Crippen LogP contribution >= 0.6 is 0 Å². The summed E-state index contributed by atoms with van der Waals surface area (Å²) in [4.78, 5) is 2.45. The SMILES string of the molecule is c1ccc(-c2cc(-c3ccccc3-n3c4ccccc4c4ccccc43)ccc2N(c2ccc(-c3ccc(-c4cccc5ccccc45)cc3)cc2)c2cccc3ccccc23)cc1. The normalized spacial score (nSPS) is 11.4. The van der Waals surface area contributed by atoms with Gasteiger partial charge in [-0.1, -0.05) is 206 Å². The maximum atomic E-state index is 2.45. The number of fused-ring (bicyclic) bond motifs is 5. The second-order valence-corrected chi connectivity index (χ2v) is 16.5. The van der Waals surface area contributed by atoms with Crippen LogP contribution in [-0.2, 0) is 0 Å². The maximum absolute atomic E-state index is 2.45. The van der Waals surface area contributed by atoms with Crippen LogP contribution in [0.1, 0.15) is 0 Å². The van der Waals surface area contributed by atoms with Gasteiger partial charge in [-0.2, -0.15) is 0 Å². The molecule has 12 rings (SSSR count). The van der Waals surface area contributed by atoms with E-state index in [-0.39, 0.29) is 0 Å². The van der Waals surface area contributed by atoms with Crippen LogP contribution < -0.4 is 4.90 Å². The number of para-hydroxylation sites is 3. The number of aromatic nitrogens is 1. The summed E-state index contributed by atoms with van der Waals surface area (Å²) < 4.78 is 2.43. The van der Waals surface area contributed by atoms with E-state index in [1.165, 1.54) is 71.2 Å². The minimum Gasteiger partial charge on any atom is -0.309 e. The fourth-order valence-electron chi connectivity index (χ4n) is 9.78. The number of hydrogen-bond donors (Lipinski definition) is 0. The molecule has 0 N–H and O–H groups in total. The van der Waals surface area contributed by atoms with Crippen molar-refractivity contribution in [3.63, 3.8) is 0 Å². The van der Waals surface area contributed by atoms with E-state index >= 15 is 0 Å². The Morgan fingerprint density at radius 2 is 0.750 bits per heavy atom. The predicted molar refractivity (Wildman–Crippen MR) is 272 cm³/mol. The highest BCUT2D eigenvalue weighted by molar-refractivity contribution is 6.10. The molecule has 12 aromatic rings. The van der Waals surface area contributed by atoms with Crippen LogP contribution in [-0.4, -0.2) is 4.57 Å². The first kappa shape index (κ1) is 37.3. The molecule has 0 aliphatic carbocycles. The predicted octanol–water partition coefficient (Wildman–Crippen LogP) is 17.2. The minimum absolute atomic E-state index is 1.09. The van der Waals surface area contributed by atoms with Crippen LogP contribution in [0.4, 0.5) is 17.1 Å². The zero-order valence-corrected chi connectivity index (χ0v) is 35.1. The third-order valence-electron chi connectivity index (χ3n) is 12.8. The average Bonchev–Trinajstić information content (AvgIpc) is 3.71. The molecule has 2 heteroatoms. The van der Waals surface area contributed by atoms with Crippen LogP contribution in [0.15, 0.2) is 255 Å². The van der Waals surface area contributed by atoms with Gasteiger partial charge in [-0.3, -0.25) is 0 Å². The van der Waals surface area contributed by atoms with E-state index < -0.39 is 0 Å². The maximum Gasteiger partial charge on any atom is 0.0541 e. The number of nitrogens with zero attached hydrogens (tertiary/aromatic N) is 2. The first-order chi connectivity index (χ1) is 31.8. The molecule has 300 valence electrons. The highest BCUT2D eigenvalue weighted by atomic mass is 15.1. The third-order valence-corrected chi connectivity index (χ3v) is 12.8. The van der Waals surface area contributed by atoms with Crippen LogP contribution in [0, 0.1) is 0 Å². The van der Waals surface area contributed by atoms with Gasteiger partial charge in [-0.25, -0.2) is 0 Å². The van der Waals surface area contributed by atoms with Crippen molar-refractivity contribution in [3.8, 4) is 50.2 Å². The highest BCUT2D eigenvalue weighted by Crippen LogP contribution is 2.46. The Kier molecular flexibility index (Phi) is 9.20. The highest BCUT2D eigenvalue weighted by Gasteiger charge is 2.22. The smallest absolute Gasteiger partial charge is 0.0541 e. The van der Waals surface area contributed by atoms with Crippen molar-refractivity contribution in [1.82, 2.24) is 4.57 Å². The largest absolute Gasteiger partial charge is 0.309 e. The van der Waals surface area contributed by atoms with Crippen molar-refractivity contribution in [2.45, 2.75) is 0 Å². The molecule has 11 aromatic carbocycles. The molecule has 1 aromatic heterocycles. The summed E-state index contributed by atoms with van der Waals surface area (Å²) in [5.41, 5.74) is 16.3. The molecule has 0 fully saturated rings. The van der Waals surface area contributed by atoms with E-state index in [2.05, 4.69) is 264 Å². The molecule has 0 radical (unpaired) electrons. The first-order valence-corrected chi connectivity index (χ1v) is 22.0. The molecule has 0 atom stereocenters. The average molecular weight is 815 g/mol. The minimum atomic E-state index is 1.09. The lowest BCUT2D eigenvalue weighted by molar-refractivity contribution is 1.18. The summed E-state index contributed by atoms with van der Waals surface area (Å²) in [5.74, 6) is 0. The molecule has 0 amide bonds. The summed E-state index contributed by atoms with van der Waals surface area (Å²) in [6, 6.07) is 92.7. The van der Waals surface area contributed by atoms with Gasteiger partial charge in [-0.05, 0) is 98.1 Å². The topological polar surface area (TPSA) is 8.17 Å². The van der Waals surface area contributed by atoms with Gasteiger partial charge < -0.3 is 9.47 Å². The van der Waals surface area contributed by atoms with E-state index in [4.69, 9.17) is 0 Å². The Morgan fingerprint density at radius 1 is 0.266 bits per heavy atom. The number of anilines is 3. The van der Waals surface area contributed by atoms with E-state index in [1.807, 2.05) is 0 Å². The van der Waals surface area contributed by atoms with Crippen molar-refractivity contribution >= 4 is 60.4 Å². The lowest BCUT2D eigenvalue weighted by Gasteiger charge is -2.30. The van der Waals surface area contributed by atoms with Crippen LogP contribution in [0.5, 0.6) is 0 Å². The molecule has 0 bridgehead atoms. The molecule has 0 aliphatic rings. The van der Waals surface area contributed by atoms with E-state index in [0.717, 1.165) is 39.4 Å². The molecule has 0 saturated carbocycles. The van der Waals surface area contributed by atoms with Crippen LogP contribution in [0.3, 0.4) is 0 Å². The molecule has 0 saturated heterocycles. The van der Waals surface area contributed by atoms with Gasteiger partial charge in [-0.15, -0.1) is 0 Å². The summed E-state index contributed by atoms with van der Waals surface area (Å²) in [7, 11) is 0. The van der Waals surface area contributed by atoms with E-state index in [9.17, 15) is 0 Å². The fraction of sp³-hybridized carbons (Fsp3) is 0. The monoisotopic (exact) mass is 814 g/mol. The van der Waals surface area contributed by atoms with Crippen LogP contribution in [0.2, 0.25) is 0 Å². The van der Waals surface area contributed by atoms with Gasteiger partial charge in [0.1, 0.15) is 0 Å². The molecule has 0 spiro atoms. The molecule has 1 heterocycles. The van der Waals surface area contributed by atoms with Gasteiger partial charge in [0.25, 0.3) is 0 Å². The van der Waals surface area contributed by atoms with Gasteiger partial charge in [0.05, 0.1) is 28.1 Å². The van der Waals surface area contributed by atoms with Crippen molar-refractivity contribution in [2.24, 2.45) is 0 Å². The second-order valence-electron chi connectivity index (χ2n) is 16.5. The Balaban J connectivity index is 1.00. The van der Waals surface area contributed by atoms with Gasteiger partial charge in [0, 0.05) is 33.0 Å². The molecule has 0 unspecified atom stereocenters. The molecule has 2 nitrogen and oxygen atoms in total. The van der Waals surface area contributed by atoms with Crippen molar-refractivity contribution < 1.29 is 0 Å². The zero-order valence-electron chi connectivity index (χ0n) is 35.1. The number of benzene rings is 11. The summed E-state index contributed by atoms with van der Waals surface area (Å²) >= 11 is 0. The number of hydrogen-bond acceptors (Lipinski definition) is 1. The quantitative estimate of drug-likeness (QED) is 0.148. The first-order valence-electron chi connectivity index (χ1n) is 22.0. The van der Waals surface area contributed by atoms with Crippen LogP contribution in [0.25, 0.3) is 93.5 Å².